The third-order valence-corrected chi connectivity index (χ3v) is 3.98. The van der Waals surface area contributed by atoms with E-state index < -0.39 is 0 Å². The van der Waals surface area contributed by atoms with Gasteiger partial charge >= 0.3 is 0 Å². The SMILES string of the molecule is CCC(OC1CCCCC1)C(=O)N1CCNCC1. The average molecular weight is 254 g/mol. The monoisotopic (exact) mass is 254 g/mol. The normalized spacial score (nSPS) is 23.9. The Kier molecular flexibility index (Phi) is 5.45. The lowest BCUT2D eigenvalue weighted by Gasteiger charge is -2.33. The standard InChI is InChI=1S/C14H26N2O2/c1-2-13(18-12-6-4-3-5-7-12)14(17)16-10-8-15-9-11-16/h12-13,15H,2-11H2,1H3. The molecule has 1 aliphatic carbocycles. The first-order chi connectivity index (χ1) is 8.81. The summed E-state index contributed by atoms with van der Waals surface area (Å²) in [7, 11) is 0. The molecule has 1 N–H and O–H groups in total. The minimum Gasteiger partial charge on any atom is -0.365 e. The van der Waals surface area contributed by atoms with Gasteiger partial charge in [-0.25, -0.2) is 0 Å². The molecular weight excluding hydrogens is 228 g/mol. The molecule has 2 aliphatic rings. The fraction of sp³-hybridized carbons (Fsp3) is 0.929. The van der Waals surface area contributed by atoms with Crippen molar-refractivity contribution < 1.29 is 9.53 Å². The van der Waals surface area contributed by atoms with Crippen molar-refractivity contribution in [1.82, 2.24) is 10.2 Å². The Morgan fingerprint density at radius 1 is 1.28 bits per heavy atom. The average Bonchev–Trinajstić information content (AvgIpc) is 2.46. The highest BCUT2D eigenvalue weighted by Crippen LogP contribution is 2.22. The van der Waals surface area contributed by atoms with E-state index in [1.807, 2.05) is 11.8 Å². The highest BCUT2D eigenvalue weighted by Gasteiger charge is 2.27. The smallest absolute Gasteiger partial charge is 0.251 e. The van der Waals surface area contributed by atoms with Gasteiger partial charge in [0.2, 0.25) is 0 Å². The molecule has 1 saturated carbocycles. The van der Waals surface area contributed by atoms with Crippen LogP contribution in [0.25, 0.3) is 0 Å². The van der Waals surface area contributed by atoms with Gasteiger partial charge in [-0.3, -0.25) is 4.79 Å². The summed E-state index contributed by atoms with van der Waals surface area (Å²) in [5.74, 6) is 0.199. The van der Waals surface area contributed by atoms with Gasteiger partial charge in [0.05, 0.1) is 6.10 Å². The van der Waals surface area contributed by atoms with Crippen molar-refractivity contribution in [1.29, 1.82) is 0 Å². The zero-order valence-corrected chi connectivity index (χ0v) is 11.5. The third-order valence-electron chi connectivity index (χ3n) is 3.98. The molecule has 18 heavy (non-hydrogen) atoms. The molecular formula is C14H26N2O2. The molecule has 1 unspecified atom stereocenters. The van der Waals surface area contributed by atoms with Gasteiger partial charge in [-0.1, -0.05) is 26.2 Å². The fourth-order valence-electron chi connectivity index (χ4n) is 2.85. The lowest BCUT2D eigenvalue weighted by molar-refractivity contribution is -0.149. The van der Waals surface area contributed by atoms with Gasteiger partial charge in [-0.2, -0.15) is 0 Å². The number of ether oxygens (including phenoxy) is 1. The van der Waals surface area contributed by atoms with Gasteiger partial charge in [-0.15, -0.1) is 0 Å². The van der Waals surface area contributed by atoms with Crippen molar-refractivity contribution in [3.8, 4) is 0 Å². The molecule has 1 atom stereocenters. The van der Waals surface area contributed by atoms with Gasteiger partial charge in [0.1, 0.15) is 6.10 Å². The predicted molar refractivity (Wildman–Crippen MR) is 71.5 cm³/mol. The third kappa shape index (κ3) is 3.69. The van der Waals surface area contributed by atoms with Gasteiger partial charge in [0.25, 0.3) is 5.91 Å². The molecule has 104 valence electrons. The van der Waals surface area contributed by atoms with Crippen LogP contribution in [-0.2, 0) is 9.53 Å². The van der Waals surface area contributed by atoms with Crippen molar-refractivity contribution in [3.63, 3.8) is 0 Å². The maximum atomic E-state index is 12.4. The molecule has 2 rings (SSSR count). The van der Waals surface area contributed by atoms with E-state index in [4.69, 9.17) is 4.74 Å². The number of carbonyl (C=O) groups excluding carboxylic acids is 1. The van der Waals surface area contributed by atoms with Crippen LogP contribution in [0.15, 0.2) is 0 Å². The summed E-state index contributed by atoms with van der Waals surface area (Å²) in [6.07, 6.45) is 6.98. The quantitative estimate of drug-likeness (QED) is 0.827. The van der Waals surface area contributed by atoms with Crippen molar-refractivity contribution in [2.45, 2.75) is 57.7 Å². The number of rotatable bonds is 4. The van der Waals surface area contributed by atoms with Crippen LogP contribution in [0, 0.1) is 0 Å². The van der Waals surface area contributed by atoms with E-state index in [-0.39, 0.29) is 12.0 Å². The first-order valence-electron chi connectivity index (χ1n) is 7.46. The highest BCUT2D eigenvalue weighted by atomic mass is 16.5. The molecule has 4 nitrogen and oxygen atoms in total. The minimum atomic E-state index is -0.216. The van der Waals surface area contributed by atoms with Crippen LogP contribution in [0.2, 0.25) is 0 Å². The number of carbonyl (C=O) groups is 1. The number of nitrogens with zero attached hydrogens (tertiary/aromatic N) is 1. The van der Waals surface area contributed by atoms with Crippen LogP contribution in [0.3, 0.4) is 0 Å². The number of nitrogens with one attached hydrogen (secondary N) is 1. The van der Waals surface area contributed by atoms with E-state index in [1.165, 1.54) is 19.3 Å². The molecule has 0 aromatic rings. The van der Waals surface area contributed by atoms with Gasteiger partial charge in [0, 0.05) is 26.2 Å². The topological polar surface area (TPSA) is 41.6 Å². The Bertz CT molecular complexity index is 259. The van der Waals surface area contributed by atoms with Crippen molar-refractivity contribution in [2.24, 2.45) is 0 Å². The fourth-order valence-corrected chi connectivity index (χ4v) is 2.85. The number of hydrogen-bond acceptors (Lipinski definition) is 3. The first-order valence-corrected chi connectivity index (χ1v) is 7.46. The van der Waals surface area contributed by atoms with Crippen LogP contribution in [0.4, 0.5) is 0 Å². The van der Waals surface area contributed by atoms with Crippen LogP contribution in [0.1, 0.15) is 45.4 Å². The zero-order valence-electron chi connectivity index (χ0n) is 11.5. The van der Waals surface area contributed by atoms with E-state index in [0.717, 1.165) is 45.4 Å². The maximum absolute atomic E-state index is 12.4. The summed E-state index contributed by atoms with van der Waals surface area (Å²) in [5.41, 5.74) is 0. The zero-order chi connectivity index (χ0) is 12.8. The first kappa shape index (κ1) is 13.8. The summed E-state index contributed by atoms with van der Waals surface area (Å²) in [6.45, 7) is 5.51. The Balaban J connectivity index is 1.84. The van der Waals surface area contributed by atoms with E-state index in [1.54, 1.807) is 0 Å². The largest absolute Gasteiger partial charge is 0.365 e. The second-order valence-electron chi connectivity index (χ2n) is 5.37. The predicted octanol–water partition coefficient (Wildman–Crippen LogP) is 1.55. The second kappa shape index (κ2) is 7.10. The highest BCUT2D eigenvalue weighted by molar-refractivity contribution is 5.81. The van der Waals surface area contributed by atoms with Crippen molar-refractivity contribution >= 4 is 5.91 Å². The van der Waals surface area contributed by atoms with E-state index in [0.29, 0.717) is 6.10 Å². The molecule has 0 spiro atoms. The van der Waals surface area contributed by atoms with Gasteiger partial charge in [0.15, 0.2) is 0 Å². The number of piperazine rings is 1. The maximum Gasteiger partial charge on any atom is 0.251 e. The van der Waals surface area contributed by atoms with E-state index in [2.05, 4.69) is 5.32 Å². The summed E-state index contributed by atoms with van der Waals surface area (Å²) in [5, 5.41) is 3.27. The van der Waals surface area contributed by atoms with E-state index >= 15 is 0 Å². The Labute approximate surface area is 110 Å². The molecule has 1 saturated heterocycles. The Hall–Kier alpha value is -0.610. The molecule has 0 bridgehead atoms. The molecule has 1 amide bonds. The Morgan fingerprint density at radius 3 is 2.56 bits per heavy atom. The molecule has 0 aromatic heterocycles. The van der Waals surface area contributed by atoms with Crippen molar-refractivity contribution in [3.05, 3.63) is 0 Å². The Morgan fingerprint density at radius 2 is 1.94 bits per heavy atom. The number of hydrogen-bond donors (Lipinski definition) is 1. The number of amides is 1. The molecule has 2 fully saturated rings. The summed E-state index contributed by atoms with van der Waals surface area (Å²) >= 11 is 0. The molecule has 4 heteroatoms. The van der Waals surface area contributed by atoms with Gasteiger partial charge < -0.3 is 15.0 Å². The molecule has 1 aliphatic heterocycles. The van der Waals surface area contributed by atoms with Crippen LogP contribution in [-0.4, -0.2) is 49.2 Å². The van der Waals surface area contributed by atoms with Crippen LogP contribution >= 0.6 is 0 Å². The van der Waals surface area contributed by atoms with Crippen LogP contribution < -0.4 is 5.32 Å². The summed E-state index contributed by atoms with van der Waals surface area (Å²) < 4.78 is 6.04. The second-order valence-corrected chi connectivity index (χ2v) is 5.37. The summed E-state index contributed by atoms with van der Waals surface area (Å²) in [4.78, 5) is 14.3. The van der Waals surface area contributed by atoms with Crippen LogP contribution in [0.5, 0.6) is 0 Å². The summed E-state index contributed by atoms with van der Waals surface area (Å²) in [6, 6.07) is 0. The van der Waals surface area contributed by atoms with E-state index in [9.17, 15) is 4.79 Å². The minimum absolute atomic E-state index is 0.199. The molecule has 0 aromatic carbocycles. The van der Waals surface area contributed by atoms with Gasteiger partial charge in [-0.05, 0) is 19.3 Å². The lowest BCUT2D eigenvalue weighted by atomic mass is 9.97. The van der Waals surface area contributed by atoms with Crippen molar-refractivity contribution in [2.75, 3.05) is 26.2 Å². The molecule has 1 heterocycles. The molecule has 0 radical (unpaired) electrons. The lowest BCUT2D eigenvalue weighted by Crippen LogP contribution is -2.50.